The van der Waals surface area contributed by atoms with Gasteiger partial charge in [0.05, 0.1) is 12.2 Å². The van der Waals surface area contributed by atoms with Gasteiger partial charge in [-0.1, -0.05) is 0 Å². The van der Waals surface area contributed by atoms with Crippen LogP contribution >= 0.6 is 0 Å². The fraction of sp³-hybridized carbons (Fsp3) is 1.00. The monoisotopic (exact) mass is 186 g/mol. The van der Waals surface area contributed by atoms with E-state index in [1.807, 2.05) is 0 Å². The van der Waals surface area contributed by atoms with E-state index in [9.17, 15) is 0 Å². The molecule has 1 aliphatic rings. The van der Waals surface area contributed by atoms with E-state index in [2.05, 4.69) is 32.6 Å². The predicted octanol–water partition coefficient (Wildman–Crippen LogP) is 0.833. The Bertz CT molecular complexity index is 155. The van der Waals surface area contributed by atoms with E-state index in [-0.39, 0.29) is 5.54 Å². The van der Waals surface area contributed by atoms with Crippen LogP contribution in [0.3, 0.4) is 0 Å². The Morgan fingerprint density at radius 1 is 1.31 bits per heavy atom. The topological polar surface area (TPSA) is 38.5 Å². The highest BCUT2D eigenvalue weighted by Gasteiger charge is 2.25. The minimum Gasteiger partial charge on any atom is -0.373 e. The molecule has 0 aliphatic carbocycles. The molecule has 0 bridgehead atoms. The van der Waals surface area contributed by atoms with Crippen LogP contribution in [0.5, 0.6) is 0 Å². The van der Waals surface area contributed by atoms with Crippen molar-refractivity contribution in [2.75, 3.05) is 19.6 Å². The highest BCUT2D eigenvalue weighted by molar-refractivity contribution is 4.81. The molecule has 2 unspecified atom stereocenters. The van der Waals surface area contributed by atoms with E-state index >= 15 is 0 Å². The Labute approximate surface area is 81.2 Å². The van der Waals surface area contributed by atoms with Crippen molar-refractivity contribution < 1.29 is 4.74 Å². The van der Waals surface area contributed by atoms with E-state index < -0.39 is 0 Å². The van der Waals surface area contributed by atoms with Crippen LogP contribution in [0.15, 0.2) is 0 Å². The zero-order valence-corrected chi connectivity index (χ0v) is 9.21. The molecule has 0 radical (unpaired) electrons. The first-order valence-corrected chi connectivity index (χ1v) is 5.03. The number of nitrogens with two attached hydrogens (primary N) is 1. The van der Waals surface area contributed by atoms with E-state index in [4.69, 9.17) is 10.5 Å². The summed E-state index contributed by atoms with van der Waals surface area (Å²) in [4.78, 5) is 2.39. The van der Waals surface area contributed by atoms with Gasteiger partial charge < -0.3 is 10.5 Å². The van der Waals surface area contributed by atoms with Gasteiger partial charge in [-0.2, -0.15) is 0 Å². The van der Waals surface area contributed by atoms with Crippen molar-refractivity contribution in [3.8, 4) is 0 Å². The van der Waals surface area contributed by atoms with Crippen molar-refractivity contribution in [2.45, 2.75) is 45.4 Å². The van der Waals surface area contributed by atoms with Crippen molar-refractivity contribution in [1.82, 2.24) is 4.90 Å². The van der Waals surface area contributed by atoms with Crippen molar-refractivity contribution in [3.05, 3.63) is 0 Å². The van der Waals surface area contributed by atoms with E-state index in [1.54, 1.807) is 0 Å². The minimum absolute atomic E-state index is 0.100. The largest absolute Gasteiger partial charge is 0.373 e. The lowest BCUT2D eigenvalue weighted by molar-refractivity contribution is -0.0715. The Morgan fingerprint density at radius 3 is 2.15 bits per heavy atom. The zero-order valence-electron chi connectivity index (χ0n) is 9.21. The number of morpholine rings is 1. The zero-order chi connectivity index (χ0) is 10.1. The smallest absolute Gasteiger partial charge is 0.0678 e. The highest BCUT2D eigenvalue weighted by atomic mass is 16.5. The first kappa shape index (κ1) is 11.0. The number of hydrogen-bond acceptors (Lipinski definition) is 3. The van der Waals surface area contributed by atoms with Crippen LogP contribution in [0.2, 0.25) is 0 Å². The summed E-state index contributed by atoms with van der Waals surface area (Å²) in [6.45, 7) is 11.3. The fourth-order valence-electron chi connectivity index (χ4n) is 1.99. The van der Waals surface area contributed by atoms with Crippen LogP contribution in [0.25, 0.3) is 0 Å². The predicted molar refractivity (Wildman–Crippen MR) is 54.7 cm³/mol. The molecule has 3 heteroatoms. The molecular weight excluding hydrogens is 164 g/mol. The fourth-order valence-corrected chi connectivity index (χ4v) is 1.99. The molecule has 3 nitrogen and oxygen atoms in total. The normalized spacial score (nSPS) is 32.1. The third-order valence-electron chi connectivity index (χ3n) is 2.13. The van der Waals surface area contributed by atoms with Gasteiger partial charge in [0.25, 0.3) is 0 Å². The molecule has 0 aromatic rings. The molecule has 13 heavy (non-hydrogen) atoms. The quantitative estimate of drug-likeness (QED) is 0.694. The Morgan fingerprint density at radius 2 is 1.77 bits per heavy atom. The van der Waals surface area contributed by atoms with Crippen LogP contribution in [0.1, 0.15) is 27.7 Å². The van der Waals surface area contributed by atoms with Gasteiger partial charge in [-0.15, -0.1) is 0 Å². The second-order valence-electron chi connectivity index (χ2n) is 4.94. The first-order valence-electron chi connectivity index (χ1n) is 5.03. The van der Waals surface area contributed by atoms with Crippen LogP contribution < -0.4 is 5.73 Å². The number of ether oxygens (including phenoxy) is 1. The molecule has 0 aromatic carbocycles. The molecule has 0 aromatic heterocycles. The maximum Gasteiger partial charge on any atom is 0.0678 e. The van der Waals surface area contributed by atoms with Gasteiger partial charge in [0, 0.05) is 25.2 Å². The van der Waals surface area contributed by atoms with Gasteiger partial charge in [0.1, 0.15) is 0 Å². The van der Waals surface area contributed by atoms with Crippen molar-refractivity contribution in [3.63, 3.8) is 0 Å². The van der Waals surface area contributed by atoms with Gasteiger partial charge >= 0.3 is 0 Å². The molecule has 2 N–H and O–H groups in total. The Hall–Kier alpha value is -0.120. The molecule has 1 saturated heterocycles. The number of rotatable bonds is 2. The van der Waals surface area contributed by atoms with E-state index in [1.165, 1.54) is 0 Å². The van der Waals surface area contributed by atoms with Crippen molar-refractivity contribution in [1.29, 1.82) is 0 Å². The van der Waals surface area contributed by atoms with Crippen LogP contribution in [-0.4, -0.2) is 42.3 Å². The van der Waals surface area contributed by atoms with E-state index in [0.717, 1.165) is 19.6 Å². The lowest BCUT2D eigenvalue weighted by atomic mass is 10.1. The Kier molecular flexibility index (Phi) is 3.33. The molecule has 1 heterocycles. The summed E-state index contributed by atoms with van der Waals surface area (Å²) in [6, 6.07) is 0. The molecule has 0 amide bonds. The van der Waals surface area contributed by atoms with Crippen molar-refractivity contribution >= 4 is 0 Å². The third-order valence-corrected chi connectivity index (χ3v) is 2.13. The second kappa shape index (κ2) is 3.95. The van der Waals surface area contributed by atoms with Gasteiger partial charge in [0.2, 0.25) is 0 Å². The van der Waals surface area contributed by atoms with Crippen LogP contribution in [-0.2, 0) is 4.74 Å². The Balaban J connectivity index is 2.42. The van der Waals surface area contributed by atoms with Crippen LogP contribution in [0.4, 0.5) is 0 Å². The summed E-state index contributed by atoms with van der Waals surface area (Å²) in [5.74, 6) is 0. The van der Waals surface area contributed by atoms with Crippen molar-refractivity contribution in [2.24, 2.45) is 5.73 Å². The maximum absolute atomic E-state index is 5.97. The third kappa shape index (κ3) is 4.07. The summed E-state index contributed by atoms with van der Waals surface area (Å²) >= 11 is 0. The average Bonchev–Trinajstić information content (AvgIpc) is 1.78. The van der Waals surface area contributed by atoms with Gasteiger partial charge in [-0.3, -0.25) is 4.90 Å². The maximum atomic E-state index is 5.97. The summed E-state index contributed by atoms with van der Waals surface area (Å²) in [7, 11) is 0. The lowest BCUT2D eigenvalue weighted by Gasteiger charge is -2.38. The second-order valence-corrected chi connectivity index (χ2v) is 4.94. The van der Waals surface area contributed by atoms with Gasteiger partial charge in [0.15, 0.2) is 0 Å². The SMILES string of the molecule is CC1CN(CC(C)(C)N)CC(C)O1. The molecule has 78 valence electrons. The van der Waals surface area contributed by atoms with Gasteiger partial charge in [-0.25, -0.2) is 0 Å². The lowest BCUT2D eigenvalue weighted by Crippen LogP contribution is -2.52. The molecular formula is C10H22N2O. The number of hydrogen-bond donors (Lipinski definition) is 1. The summed E-state index contributed by atoms with van der Waals surface area (Å²) < 4.78 is 5.65. The average molecular weight is 186 g/mol. The van der Waals surface area contributed by atoms with Gasteiger partial charge in [-0.05, 0) is 27.7 Å². The summed E-state index contributed by atoms with van der Waals surface area (Å²) in [5, 5.41) is 0. The molecule has 0 saturated carbocycles. The number of nitrogens with zero attached hydrogens (tertiary/aromatic N) is 1. The summed E-state index contributed by atoms with van der Waals surface area (Å²) in [5.41, 5.74) is 5.87. The van der Waals surface area contributed by atoms with E-state index in [0.29, 0.717) is 12.2 Å². The first-order chi connectivity index (χ1) is 5.87. The molecule has 1 aliphatic heterocycles. The summed E-state index contributed by atoms with van der Waals surface area (Å²) in [6.07, 6.45) is 0.678. The molecule has 2 atom stereocenters. The molecule has 0 spiro atoms. The van der Waals surface area contributed by atoms with Crippen LogP contribution in [0, 0.1) is 0 Å². The highest BCUT2D eigenvalue weighted by Crippen LogP contribution is 2.12. The standard InChI is InChI=1S/C10H22N2O/c1-8-5-12(6-9(2)13-8)7-10(3,4)11/h8-9H,5-7,11H2,1-4H3. The molecule has 1 rings (SSSR count). The minimum atomic E-state index is -0.100. The molecule has 1 fully saturated rings.